The van der Waals surface area contributed by atoms with E-state index in [4.69, 9.17) is 0 Å². The fourth-order valence-corrected chi connectivity index (χ4v) is 3.70. The SMILES string of the molecule is O=C(CC1CCCCC1)N1CCN(C(=O)c2ccc(F)cc2)CC1. The standard InChI is InChI=1S/C19H25FN2O2/c20-17-8-6-16(7-9-17)19(24)22-12-10-21(11-13-22)18(23)14-15-4-2-1-3-5-15/h6-9,15H,1-5,10-14H2. The molecule has 0 N–H and O–H groups in total. The summed E-state index contributed by atoms with van der Waals surface area (Å²) in [5.74, 6) is 0.347. The zero-order valence-electron chi connectivity index (χ0n) is 14.0. The van der Waals surface area contributed by atoms with Gasteiger partial charge in [0.1, 0.15) is 5.82 Å². The Morgan fingerprint density at radius 3 is 2.12 bits per heavy atom. The maximum atomic E-state index is 13.0. The highest BCUT2D eigenvalue weighted by Gasteiger charge is 2.26. The third-order valence-corrected chi connectivity index (χ3v) is 5.20. The van der Waals surface area contributed by atoms with Crippen molar-refractivity contribution in [1.29, 1.82) is 0 Å². The summed E-state index contributed by atoms with van der Waals surface area (Å²) in [6, 6.07) is 5.63. The molecule has 24 heavy (non-hydrogen) atoms. The van der Waals surface area contributed by atoms with Crippen LogP contribution in [0.3, 0.4) is 0 Å². The van der Waals surface area contributed by atoms with Gasteiger partial charge in [-0.05, 0) is 43.0 Å². The molecule has 1 heterocycles. The second-order valence-corrected chi connectivity index (χ2v) is 6.89. The summed E-state index contributed by atoms with van der Waals surface area (Å²) in [6.07, 6.45) is 6.81. The van der Waals surface area contributed by atoms with E-state index >= 15 is 0 Å². The summed E-state index contributed by atoms with van der Waals surface area (Å²) in [5, 5.41) is 0. The highest BCUT2D eigenvalue weighted by atomic mass is 19.1. The van der Waals surface area contributed by atoms with Crippen LogP contribution in [0.15, 0.2) is 24.3 Å². The third kappa shape index (κ3) is 4.13. The van der Waals surface area contributed by atoms with Gasteiger partial charge in [-0.2, -0.15) is 0 Å². The summed E-state index contributed by atoms with van der Waals surface area (Å²) in [7, 11) is 0. The second kappa shape index (κ2) is 7.77. The fraction of sp³-hybridized carbons (Fsp3) is 0.579. The summed E-state index contributed by atoms with van der Waals surface area (Å²) in [5.41, 5.74) is 0.499. The molecule has 1 aliphatic carbocycles. The van der Waals surface area contributed by atoms with Gasteiger partial charge >= 0.3 is 0 Å². The Morgan fingerprint density at radius 1 is 0.917 bits per heavy atom. The first-order valence-corrected chi connectivity index (χ1v) is 8.96. The minimum Gasteiger partial charge on any atom is -0.339 e. The van der Waals surface area contributed by atoms with E-state index in [-0.39, 0.29) is 17.6 Å². The minimum atomic E-state index is -0.343. The Morgan fingerprint density at radius 2 is 1.50 bits per heavy atom. The lowest BCUT2D eigenvalue weighted by atomic mass is 9.86. The second-order valence-electron chi connectivity index (χ2n) is 6.89. The van der Waals surface area contributed by atoms with Crippen molar-refractivity contribution in [1.82, 2.24) is 9.80 Å². The molecule has 1 saturated carbocycles. The Balaban J connectivity index is 1.48. The van der Waals surface area contributed by atoms with Gasteiger partial charge in [0.05, 0.1) is 0 Å². The highest BCUT2D eigenvalue weighted by molar-refractivity contribution is 5.94. The van der Waals surface area contributed by atoms with E-state index in [1.54, 1.807) is 4.90 Å². The zero-order chi connectivity index (χ0) is 16.9. The molecule has 1 aliphatic heterocycles. The number of hydrogen-bond donors (Lipinski definition) is 0. The zero-order valence-corrected chi connectivity index (χ0v) is 14.0. The van der Waals surface area contributed by atoms with Crippen LogP contribution < -0.4 is 0 Å². The van der Waals surface area contributed by atoms with Crippen molar-refractivity contribution in [3.63, 3.8) is 0 Å². The average Bonchev–Trinajstić information content (AvgIpc) is 2.63. The van der Waals surface area contributed by atoms with Gasteiger partial charge in [0.15, 0.2) is 0 Å². The normalized spacial score (nSPS) is 19.4. The van der Waals surface area contributed by atoms with E-state index in [9.17, 15) is 14.0 Å². The predicted octanol–water partition coefficient (Wildman–Crippen LogP) is 3.08. The summed E-state index contributed by atoms with van der Waals surface area (Å²) >= 11 is 0. The molecule has 2 fully saturated rings. The number of carbonyl (C=O) groups excluding carboxylic acids is 2. The molecular weight excluding hydrogens is 307 g/mol. The van der Waals surface area contributed by atoms with Gasteiger partial charge in [0.2, 0.25) is 5.91 Å². The summed E-state index contributed by atoms with van der Waals surface area (Å²) in [4.78, 5) is 28.5. The Labute approximate surface area is 142 Å². The maximum absolute atomic E-state index is 13.0. The molecule has 0 bridgehead atoms. The van der Waals surface area contributed by atoms with Crippen molar-refractivity contribution in [3.8, 4) is 0 Å². The number of hydrogen-bond acceptors (Lipinski definition) is 2. The minimum absolute atomic E-state index is 0.0885. The molecule has 3 rings (SSSR count). The number of nitrogens with zero attached hydrogens (tertiary/aromatic N) is 2. The van der Waals surface area contributed by atoms with Crippen LogP contribution in [-0.2, 0) is 4.79 Å². The van der Waals surface area contributed by atoms with E-state index in [0.717, 1.165) is 0 Å². The Hall–Kier alpha value is -1.91. The van der Waals surface area contributed by atoms with Crippen LogP contribution in [0.2, 0.25) is 0 Å². The summed E-state index contributed by atoms with van der Waals surface area (Å²) in [6.45, 7) is 2.29. The van der Waals surface area contributed by atoms with Crippen LogP contribution in [0, 0.1) is 11.7 Å². The molecule has 1 saturated heterocycles. The molecule has 130 valence electrons. The lowest BCUT2D eigenvalue weighted by Crippen LogP contribution is -2.50. The molecule has 0 radical (unpaired) electrons. The van der Waals surface area contributed by atoms with Crippen molar-refractivity contribution < 1.29 is 14.0 Å². The van der Waals surface area contributed by atoms with Gasteiger partial charge in [-0.3, -0.25) is 9.59 Å². The Bertz CT molecular complexity index is 574. The largest absolute Gasteiger partial charge is 0.339 e. The van der Waals surface area contributed by atoms with E-state index in [0.29, 0.717) is 44.1 Å². The molecule has 2 aliphatic rings. The van der Waals surface area contributed by atoms with Gasteiger partial charge in [0.25, 0.3) is 5.91 Å². The molecular formula is C19H25FN2O2. The van der Waals surface area contributed by atoms with Crippen LogP contribution in [-0.4, -0.2) is 47.8 Å². The summed E-state index contributed by atoms with van der Waals surface area (Å²) < 4.78 is 13.0. The first-order valence-electron chi connectivity index (χ1n) is 8.96. The number of halogens is 1. The molecule has 0 unspecified atom stereocenters. The van der Waals surface area contributed by atoms with Gasteiger partial charge in [0, 0.05) is 38.2 Å². The first-order chi connectivity index (χ1) is 11.6. The van der Waals surface area contributed by atoms with E-state index < -0.39 is 0 Å². The molecule has 0 atom stereocenters. The first kappa shape index (κ1) is 16.9. The molecule has 2 amide bonds. The molecule has 4 nitrogen and oxygen atoms in total. The molecule has 5 heteroatoms. The molecule has 0 aromatic heterocycles. The predicted molar refractivity (Wildman–Crippen MR) is 90.1 cm³/mol. The maximum Gasteiger partial charge on any atom is 0.253 e. The monoisotopic (exact) mass is 332 g/mol. The van der Waals surface area contributed by atoms with E-state index in [1.165, 1.54) is 56.4 Å². The molecule has 1 aromatic rings. The molecule has 0 spiro atoms. The fourth-order valence-electron chi connectivity index (χ4n) is 3.70. The van der Waals surface area contributed by atoms with Crippen LogP contribution in [0.25, 0.3) is 0 Å². The average molecular weight is 332 g/mol. The van der Waals surface area contributed by atoms with E-state index in [1.807, 2.05) is 4.90 Å². The number of piperazine rings is 1. The van der Waals surface area contributed by atoms with Crippen molar-refractivity contribution >= 4 is 11.8 Å². The Kier molecular flexibility index (Phi) is 5.48. The van der Waals surface area contributed by atoms with Crippen molar-refractivity contribution in [3.05, 3.63) is 35.6 Å². The van der Waals surface area contributed by atoms with Gasteiger partial charge < -0.3 is 9.80 Å². The van der Waals surface area contributed by atoms with Crippen LogP contribution in [0.1, 0.15) is 48.9 Å². The van der Waals surface area contributed by atoms with Crippen LogP contribution >= 0.6 is 0 Å². The van der Waals surface area contributed by atoms with Crippen molar-refractivity contribution in [2.24, 2.45) is 5.92 Å². The lowest BCUT2D eigenvalue weighted by molar-refractivity contribution is -0.133. The van der Waals surface area contributed by atoms with Gasteiger partial charge in [-0.15, -0.1) is 0 Å². The number of rotatable bonds is 3. The quantitative estimate of drug-likeness (QED) is 0.853. The highest BCUT2D eigenvalue weighted by Crippen LogP contribution is 2.27. The van der Waals surface area contributed by atoms with Gasteiger partial charge in [-0.1, -0.05) is 19.3 Å². The van der Waals surface area contributed by atoms with Crippen LogP contribution in [0.4, 0.5) is 4.39 Å². The smallest absolute Gasteiger partial charge is 0.253 e. The van der Waals surface area contributed by atoms with Crippen LogP contribution in [0.5, 0.6) is 0 Å². The number of carbonyl (C=O) groups is 2. The lowest BCUT2D eigenvalue weighted by Gasteiger charge is -2.35. The number of benzene rings is 1. The van der Waals surface area contributed by atoms with E-state index in [2.05, 4.69) is 0 Å². The van der Waals surface area contributed by atoms with Crippen molar-refractivity contribution in [2.45, 2.75) is 38.5 Å². The topological polar surface area (TPSA) is 40.6 Å². The molecule has 1 aromatic carbocycles. The third-order valence-electron chi connectivity index (χ3n) is 5.20. The number of amides is 2. The van der Waals surface area contributed by atoms with Gasteiger partial charge in [-0.25, -0.2) is 4.39 Å². The van der Waals surface area contributed by atoms with Crippen molar-refractivity contribution in [2.75, 3.05) is 26.2 Å².